The number of nitrogens with zero attached hydrogens (tertiary/aromatic N) is 2. The van der Waals surface area contributed by atoms with Crippen LogP contribution >= 0.6 is 0 Å². The summed E-state index contributed by atoms with van der Waals surface area (Å²) in [5.41, 5.74) is 2.13. The average molecular weight is 347 g/mol. The summed E-state index contributed by atoms with van der Waals surface area (Å²) in [4.78, 5) is 12.4. The molecule has 2 heterocycles. The Morgan fingerprint density at radius 2 is 1.92 bits per heavy atom. The number of sulfone groups is 1. The predicted octanol–water partition coefficient (Wildman–Crippen LogP) is 2.06. The number of H-pyrrole nitrogens is 1. The summed E-state index contributed by atoms with van der Waals surface area (Å²) in [7, 11) is -2.06. The highest BCUT2D eigenvalue weighted by Gasteiger charge is 2.26. The Hall–Kier alpha value is -2.61. The quantitative estimate of drug-likeness (QED) is 0.782. The zero-order valence-corrected chi connectivity index (χ0v) is 14.6. The molecule has 1 N–H and O–H groups in total. The Labute approximate surface area is 138 Å². The molecule has 0 saturated heterocycles. The molecule has 1 aromatic carbocycles. The second-order valence-electron chi connectivity index (χ2n) is 5.79. The van der Waals surface area contributed by atoms with E-state index in [1.807, 2.05) is 0 Å². The highest BCUT2D eigenvalue weighted by atomic mass is 32.2. The Morgan fingerprint density at radius 3 is 2.42 bits per heavy atom. The predicted molar refractivity (Wildman–Crippen MR) is 89.6 cm³/mol. The minimum atomic E-state index is -3.63. The van der Waals surface area contributed by atoms with Crippen LogP contribution in [0.1, 0.15) is 11.3 Å². The van der Waals surface area contributed by atoms with Gasteiger partial charge in [-0.2, -0.15) is 0 Å². The SMILES string of the molecule is Cc1cc(-c2c(C)ccc(-c3c[nH]n(C)c3=O)c2S(C)(=O)=O)on1. The number of benzene rings is 1. The molecular weight excluding hydrogens is 330 g/mol. The largest absolute Gasteiger partial charge is 0.356 e. The zero-order chi connectivity index (χ0) is 17.6. The van der Waals surface area contributed by atoms with E-state index in [2.05, 4.69) is 10.3 Å². The van der Waals surface area contributed by atoms with Gasteiger partial charge in [-0.15, -0.1) is 0 Å². The van der Waals surface area contributed by atoms with E-state index in [0.717, 1.165) is 11.8 Å². The van der Waals surface area contributed by atoms with Crippen LogP contribution in [0.2, 0.25) is 0 Å². The molecule has 7 nitrogen and oxygen atoms in total. The van der Waals surface area contributed by atoms with Crippen molar-refractivity contribution in [3.63, 3.8) is 0 Å². The second-order valence-corrected chi connectivity index (χ2v) is 7.74. The van der Waals surface area contributed by atoms with E-state index in [1.54, 1.807) is 39.1 Å². The molecule has 24 heavy (non-hydrogen) atoms. The summed E-state index contributed by atoms with van der Waals surface area (Å²) in [5, 5.41) is 6.61. The van der Waals surface area contributed by atoms with Crippen LogP contribution in [-0.2, 0) is 16.9 Å². The van der Waals surface area contributed by atoms with E-state index in [-0.39, 0.29) is 16.0 Å². The number of rotatable bonds is 3. The zero-order valence-electron chi connectivity index (χ0n) is 13.7. The summed E-state index contributed by atoms with van der Waals surface area (Å²) < 4.78 is 31.6. The topological polar surface area (TPSA) is 98.0 Å². The molecule has 0 radical (unpaired) electrons. The van der Waals surface area contributed by atoms with Crippen LogP contribution in [0.4, 0.5) is 0 Å². The normalized spacial score (nSPS) is 11.8. The van der Waals surface area contributed by atoms with E-state index in [1.165, 1.54) is 10.9 Å². The Balaban J connectivity index is 2.45. The smallest absolute Gasteiger partial charge is 0.274 e. The Morgan fingerprint density at radius 1 is 1.21 bits per heavy atom. The van der Waals surface area contributed by atoms with Gasteiger partial charge in [-0.25, -0.2) is 8.42 Å². The molecule has 0 aliphatic carbocycles. The number of nitrogens with one attached hydrogen (secondary N) is 1. The number of hydrogen-bond donors (Lipinski definition) is 1. The van der Waals surface area contributed by atoms with Gasteiger partial charge < -0.3 is 9.62 Å². The van der Waals surface area contributed by atoms with Crippen LogP contribution in [0, 0.1) is 13.8 Å². The molecule has 0 atom stereocenters. The van der Waals surface area contributed by atoms with Crippen molar-refractivity contribution in [2.45, 2.75) is 18.7 Å². The molecule has 8 heteroatoms. The van der Waals surface area contributed by atoms with Crippen molar-refractivity contribution in [2.24, 2.45) is 7.05 Å². The van der Waals surface area contributed by atoms with Gasteiger partial charge >= 0.3 is 0 Å². The van der Waals surface area contributed by atoms with Crippen LogP contribution in [0.15, 0.2) is 38.6 Å². The maximum Gasteiger partial charge on any atom is 0.274 e. The fourth-order valence-corrected chi connectivity index (χ4v) is 3.93. The third-order valence-electron chi connectivity index (χ3n) is 3.84. The number of aromatic amines is 1. The first-order chi connectivity index (χ1) is 11.2. The molecule has 2 aromatic heterocycles. The first-order valence-corrected chi connectivity index (χ1v) is 9.11. The van der Waals surface area contributed by atoms with Gasteiger partial charge in [0.25, 0.3) is 5.56 Å². The highest BCUT2D eigenvalue weighted by Crippen LogP contribution is 2.37. The van der Waals surface area contributed by atoms with Gasteiger partial charge in [0.15, 0.2) is 15.6 Å². The molecular formula is C16H17N3O4S. The monoisotopic (exact) mass is 347 g/mol. The first-order valence-electron chi connectivity index (χ1n) is 7.22. The van der Waals surface area contributed by atoms with Crippen molar-refractivity contribution in [2.75, 3.05) is 6.26 Å². The van der Waals surface area contributed by atoms with Crippen LogP contribution < -0.4 is 5.56 Å². The summed E-state index contributed by atoms with van der Waals surface area (Å²) >= 11 is 0. The minimum absolute atomic E-state index is 0.0651. The van der Waals surface area contributed by atoms with E-state index in [9.17, 15) is 13.2 Å². The molecule has 0 aliphatic heterocycles. The average Bonchev–Trinajstić information content (AvgIpc) is 3.05. The molecule has 0 amide bonds. The lowest BCUT2D eigenvalue weighted by Gasteiger charge is -2.13. The fraction of sp³-hybridized carbons (Fsp3) is 0.250. The molecule has 3 rings (SSSR count). The van der Waals surface area contributed by atoms with E-state index < -0.39 is 9.84 Å². The summed E-state index contributed by atoms with van der Waals surface area (Å²) in [6.07, 6.45) is 2.62. The standard InChI is InChI=1S/C16H17N3O4S/c1-9-5-6-11(12-8-17-19(3)16(12)20)15(24(4,21)22)14(9)13-7-10(2)18-23-13/h5-8,17H,1-4H3. The van der Waals surface area contributed by atoms with E-state index in [4.69, 9.17) is 4.52 Å². The molecule has 0 saturated carbocycles. The van der Waals surface area contributed by atoms with E-state index in [0.29, 0.717) is 22.6 Å². The highest BCUT2D eigenvalue weighted by molar-refractivity contribution is 7.91. The lowest BCUT2D eigenvalue weighted by Crippen LogP contribution is -2.14. The lowest BCUT2D eigenvalue weighted by molar-refractivity contribution is 0.426. The van der Waals surface area contributed by atoms with Crippen molar-refractivity contribution >= 4 is 9.84 Å². The second kappa shape index (κ2) is 5.48. The van der Waals surface area contributed by atoms with Crippen LogP contribution in [0.5, 0.6) is 0 Å². The summed E-state index contributed by atoms with van der Waals surface area (Å²) in [6, 6.07) is 5.09. The van der Waals surface area contributed by atoms with Crippen molar-refractivity contribution in [3.05, 3.63) is 46.0 Å². The van der Waals surface area contributed by atoms with Crippen LogP contribution in [0.25, 0.3) is 22.5 Å². The fourth-order valence-electron chi connectivity index (χ4n) is 2.72. The number of aromatic nitrogens is 3. The third kappa shape index (κ3) is 2.58. The van der Waals surface area contributed by atoms with Crippen molar-refractivity contribution in [1.29, 1.82) is 0 Å². The molecule has 0 aliphatic rings. The molecule has 0 bridgehead atoms. The van der Waals surface area contributed by atoms with Gasteiger partial charge in [-0.3, -0.25) is 9.48 Å². The summed E-state index contributed by atoms with van der Waals surface area (Å²) in [6.45, 7) is 3.55. The van der Waals surface area contributed by atoms with Crippen LogP contribution in [0.3, 0.4) is 0 Å². The van der Waals surface area contributed by atoms with Crippen molar-refractivity contribution in [1.82, 2.24) is 14.9 Å². The third-order valence-corrected chi connectivity index (χ3v) is 5.00. The Kier molecular flexibility index (Phi) is 3.71. The van der Waals surface area contributed by atoms with Gasteiger partial charge in [0, 0.05) is 36.7 Å². The molecule has 0 unspecified atom stereocenters. The van der Waals surface area contributed by atoms with Gasteiger partial charge in [-0.05, 0) is 19.4 Å². The molecule has 3 aromatic rings. The van der Waals surface area contributed by atoms with E-state index >= 15 is 0 Å². The van der Waals surface area contributed by atoms with Gasteiger partial charge in [0.2, 0.25) is 0 Å². The minimum Gasteiger partial charge on any atom is -0.356 e. The maximum atomic E-state index is 12.5. The van der Waals surface area contributed by atoms with Crippen molar-refractivity contribution in [3.8, 4) is 22.5 Å². The number of hydrogen-bond acceptors (Lipinski definition) is 5. The van der Waals surface area contributed by atoms with Gasteiger partial charge in [-0.1, -0.05) is 17.3 Å². The maximum absolute atomic E-state index is 12.5. The van der Waals surface area contributed by atoms with Gasteiger partial charge in [0.05, 0.1) is 16.2 Å². The Bertz CT molecular complexity index is 1090. The van der Waals surface area contributed by atoms with Crippen molar-refractivity contribution < 1.29 is 12.9 Å². The number of aryl methyl sites for hydroxylation is 3. The van der Waals surface area contributed by atoms with Crippen LogP contribution in [-0.4, -0.2) is 29.6 Å². The first kappa shape index (κ1) is 16.3. The lowest BCUT2D eigenvalue weighted by atomic mass is 9.99. The molecule has 126 valence electrons. The van der Waals surface area contributed by atoms with Gasteiger partial charge in [0.1, 0.15) is 0 Å². The molecule has 0 spiro atoms. The molecule has 0 fully saturated rings. The summed E-state index contributed by atoms with van der Waals surface area (Å²) in [5.74, 6) is 0.361.